The van der Waals surface area contributed by atoms with Crippen molar-refractivity contribution in [1.29, 1.82) is 0 Å². The third-order valence-corrected chi connectivity index (χ3v) is 6.48. The molecule has 4 bridgehead atoms. The molecule has 0 radical (unpaired) electrons. The number of aliphatic hydroxyl groups is 1. The van der Waals surface area contributed by atoms with Gasteiger partial charge in [-0.2, -0.15) is 0 Å². The molecule has 4 N–H and O–H groups in total. The van der Waals surface area contributed by atoms with Gasteiger partial charge in [-0.15, -0.1) is 0 Å². The maximum absolute atomic E-state index is 11.9. The number of anilines is 1. The summed E-state index contributed by atoms with van der Waals surface area (Å²) in [5.74, 6) is 0.731. The van der Waals surface area contributed by atoms with E-state index >= 15 is 0 Å². The van der Waals surface area contributed by atoms with E-state index in [4.69, 9.17) is 5.73 Å². The number of fused-ring (bicyclic) bond motifs is 1. The SMILES string of the molecule is NC(=O)c1cnc2c(c1NC13CC4C[C@H](CC(O)(C4)C1)C3)C=CC2. The van der Waals surface area contributed by atoms with E-state index in [2.05, 4.69) is 16.4 Å². The molecule has 0 spiro atoms. The number of carbonyl (C=O) groups is 1. The topological polar surface area (TPSA) is 88.2 Å². The van der Waals surface area contributed by atoms with Crippen LogP contribution in [0.15, 0.2) is 12.3 Å². The highest BCUT2D eigenvalue weighted by Gasteiger charge is 2.57. The van der Waals surface area contributed by atoms with Crippen LogP contribution < -0.4 is 11.1 Å². The second-order valence-corrected chi connectivity index (χ2v) is 8.47. The van der Waals surface area contributed by atoms with Crippen molar-refractivity contribution in [3.8, 4) is 0 Å². The Balaban J connectivity index is 1.58. The largest absolute Gasteiger partial charge is 0.390 e. The maximum Gasteiger partial charge on any atom is 0.252 e. The van der Waals surface area contributed by atoms with Crippen LogP contribution in [0.25, 0.3) is 6.08 Å². The van der Waals surface area contributed by atoms with E-state index in [9.17, 15) is 9.90 Å². The number of aromatic nitrogens is 1. The lowest BCUT2D eigenvalue weighted by Gasteiger charge is -2.60. The van der Waals surface area contributed by atoms with Gasteiger partial charge in [-0.1, -0.05) is 12.2 Å². The van der Waals surface area contributed by atoms with E-state index in [1.165, 1.54) is 6.42 Å². The minimum atomic E-state index is -0.532. The number of nitrogens with two attached hydrogens (primary N) is 1. The van der Waals surface area contributed by atoms with Gasteiger partial charge in [-0.05, 0) is 50.4 Å². The van der Waals surface area contributed by atoms with Crippen LogP contribution in [0.5, 0.6) is 0 Å². The molecule has 4 fully saturated rings. The van der Waals surface area contributed by atoms with Crippen molar-refractivity contribution in [1.82, 2.24) is 4.98 Å². The molecule has 3 unspecified atom stereocenters. The maximum atomic E-state index is 11.9. The molecule has 4 atom stereocenters. The smallest absolute Gasteiger partial charge is 0.252 e. The highest BCUT2D eigenvalue weighted by molar-refractivity contribution is 6.00. The molecule has 5 heteroatoms. The van der Waals surface area contributed by atoms with E-state index < -0.39 is 11.5 Å². The number of nitrogens with one attached hydrogen (secondary N) is 1. The van der Waals surface area contributed by atoms with Crippen LogP contribution in [0.3, 0.4) is 0 Å². The molecule has 24 heavy (non-hydrogen) atoms. The second-order valence-electron chi connectivity index (χ2n) is 8.47. The first kappa shape index (κ1) is 14.5. The molecule has 1 amide bonds. The van der Waals surface area contributed by atoms with E-state index in [1.807, 2.05) is 6.08 Å². The van der Waals surface area contributed by atoms with Gasteiger partial charge < -0.3 is 16.2 Å². The van der Waals surface area contributed by atoms with Crippen LogP contribution in [0.1, 0.15) is 60.1 Å². The Morgan fingerprint density at radius 3 is 2.71 bits per heavy atom. The van der Waals surface area contributed by atoms with Crippen molar-refractivity contribution >= 4 is 17.7 Å². The molecule has 126 valence electrons. The standard InChI is InChI=1S/C19H23N3O2/c20-17(23)14-9-21-15-3-1-2-13(15)16(14)22-18-5-11-4-12(6-18)8-19(24,7-11)10-18/h1-2,9,11-12,24H,3-8,10H2,(H2,20,23)(H,21,22)/t11-,12?,18?,19?/m0/s1. The molecule has 0 aliphatic heterocycles. The van der Waals surface area contributed by atoms with E-state index in [0.29, 0.717) is 17.4 Å². The van der Waals surface area contributed by atoms with Crippen molar-refractivity contribution in [2.45, 2.75) is 56.1 Å². The minimum Gasteiger partial charge on any atom is -0.390 e. The summed E-state index contributed by atoms with van der Waals surface area (Å²) in [5, 5.41) is 14.7. The lowest BCUT2D eigenvalue weighted by molar-refractivity contribution is -0.127. The predicted octanol–water partition coefficient (Wildman–Crippen LogP) is 2.25. The summed E-state index contributed by atoms with van der Waals surface area (Å²) in [6, 6.07) is 0. The van der Waals surface area contributed by atoms with Gasteiger partial charge in [-0.3, -0.25) is 9.78 Å². The summed E-state index contributed by atoms with van der Waals surface area (Å²) in [5.41, 5.74) is 8.23. The molecule has 6 rings (SSSR count). The summed E-state index contributed by atoms with van der Waals surface area (Å²) in [4.78, 5) is 16.3. The average Bonchev–Trinajstić information content (AvgIpc) is 2.93. The number of primary amides is 1. The molecule has 5 nitrogen and oxygen atoms in total. The summed E-state index contributed by atoms with van der Waals surface area (Å²) >= 11 is 0. The fraction of sp³-hybridized carbons (Fsp3) is 0.579. The van der Waals surface area contributed by atoms with Gasteiger partial charge in [0.25, 0.3) is 5.91 Å². The number of carbonyl (C=O) groups excluding carboxylic acids is 1. The van der Waals surface area contributed by atoms with E-state index in [0.717, 1.165) is 55.5 Å². The minimum absolute atomic E-state index is 0.116. The average molecular weight is 325 g/mol. The van der Waals surface area contributed by atoms with E-state index in [1.54, 1.807) is 6.20 Å². The van der Waals surface area contributed by atoms with Crippen molar-refractivity contribution < 1.29 is 9.90 Å². The highest BCUT2D eigenvalue weighted by Crippen LogP contribution is 2.58. The third-order valence-electron chi connectivity index (χ3n) is 6.48. The van der Waals surface area contributed by atoms with Gasteiger partial charge in [0.15, 0.2) is 0 Å². The molecule has 4 saturated carbocycles. The first-order chi connectivity index (χ1) is 11.5. The number of allylic oxidation sites excluding steroid dienone is 1. The van der Waals surface area contributed by atoms with Crippen LogP contribution in [0.4, 0.5) is 5.69 Å². The predicted molar refractivity (Wildman–Crippen MR) is 91.5 cm³/mol. The van der Waals surface area contributed by atoms with Crippen LogP contribution in [-0.4, -0.2) is 27.1 Å². The van der Waals surface area contributed by atoms with Crippen LogP contribution in [-0.2, 0) is 6.42 Å². The van der Waals surface area contributed by atoms with Crippen molar-refractivity contribution in [2.75, 3.05) is 5.32 Å². The molecule has 1 aromatic rings. The third kappa shape index (κ3) is 2.04. The zero-order chi connectivity index (χ0) is 16.5. The quantitative estimate of drug-likeness (QED) is 0.795. The van der Waals surface area contributed by atoms with E-state index in [-0.39, 0.29) is 5.54 Å². The number of pyridine rings is 1. The van der Waals surface area contributed by atoms with Crippen LogP contribution in [0, 0.1) is 11.8 Å². The summed E-state index contributed by atoms with van der Waals surface area (Å²) in [7, 11) is 0. The Kier molecular flexibility index (Phi) is 2.77. The fourth-order valence-corrected chi connectivity index (χ4v) is 6.14. The molecule has 5 aliphatic rings. The Morgan fingerprint density at radius 1 is 1.29 bits per heavy atom. The zero-order valence-electron chi connectivity index (χ0n) is 13.7. The summed E-state index contributed by atoms with van der Waals surface area (Å²) in [6.45, 7) is 0. The summed E-state index contributed by atoms with van der Waals surface area (Å²) < 4.78 is 0. The van der Waals surface area contributed by atoms with Gasteiger partial charge in [0.05, 0.1) is 22.5 Å². The van der Waals surface area contributed by atoms with Gasteiger partial charge >= 0.3 is 0 Å². The molecule has 5 aliphatic carbocycles. The lowest BCUT2D eigenvalue weighted by Crippen LogP contribution is -2.62. The van der Waals surface area contributed by atoms with Crippen molar-refractivity contribution in [2.24, 2.45) is 17.6 Å². The Hall–Kier alpha value is -1.88. The number of rotatable bonds is 3. The first-order valence-corrected chi connectivity index (χ1v) is 8.94. The van der Waals surface area contributed by atoms with Gasteiger partial charge in [-0.25, -0.2) is 0 Å². The summed E-state index contributed by atoms with van der Waals surface area (Å²) in [6.07, 6.45) is 12.5. The molecule has 0 saturated heterocycles. The van der Waals surface area contributed by atoms with Gasteiger partial charge in [0.2, 0.25) is 0 Å². The first-order valence-electron chi connectivity index (χ1n) is 8.94. The normalized spacial score (nSPS) is 38.4. The number of nitrogens with zero attached hydrogens (tertiary/aromatic N) is 1. The lowest BCUT2D eigenvalue weighted by atomic mass is 9.51. The number of hydrogen-bond donors (Lipinski definition) is 3. The van der Waals surface area contributed by atoms with Gasteiger partial charge in [0.1, 0.15) is 0 Å². The number of amides is 1. The van der Waals surface area contributed by atoms with Gasteiger partial charge in [0, 0.05) is 23.7 Å². The Bertz CT molecular complexity index is 756. The van der Waals surface area contributed by atoms with Crippen molar-refractivity contribution in [3.05, 3.63) is 29.1 Å². The Morgan fingerprint density at radius 2 is 2.04 bits per heavy atom. The fourth-order valence-electron chi connectivity index (χ4n) is 6.14. The second kappa shape index (κ2) is 4.60. The van der Waals surface area contributed by atoms with Crippen molar-refractivity contribution in [3.63, 3.8) is 0 Å². The molecule has 1 aromatic heterocycles. The highest BCUT2D eigenvalue weighted by atomic mass is 16.3. The van der Waals surface area contributed by atoms with Crippen LogP contribution >= 0.6 is 0 Å². The number of hydrogen-bond acceptors (Lipinski definition) is 4. The molecule has 0 aromatic carbocycles. The molecular weight excluding hydrogens is 302 g/mol. The molecule has 1 heterocycles. The van der Waals surface area contributed by atoms with Crippen LogP contribution in [0.2, 0.25) is 0 Å². The monoisotopic (exact) mass is 325 g/mol. The Labute approximate surface area is 141 Å². The molecular formula is C19H23N3O2. The zero-order valence-corrected chi connectivity index (χ0v) is 13.7.